The van der Waals surface area contributed by atoms with Gasteiger partial charge in [0.1, 0.15) is 0 Å². The summed E-state index contributed by atoms with van der Waals surface area (Å²) in [5.74, 6) is 1.90. The number of hydrogen-bond donors (Lipinski definition) is 2. The first kappa shape index (κ1) is 21.0. The fraction of sp³-hybridized carbons (Fsp3) is 0.900. The molecule has 0 aromatic heterocycles. The molecule has 2 N–H and O–H groups in total. The standard InChI is InChI=1S/C20H39N5O/c1-6-18(26)24-12-10-17(14-24)23-19(21-7-2)22-15-20(4,5)25-11-8-9-16(3)13-25/h16-17H,6-15H2,1-5H3,(H2,21,22,23). The first-order valence-electron chi connectivity index (χ1n) is 10.4. The molecule has 2 fully saturated rings. The minimum absolute atomic E-state index is 0.0664. The van der Waals surface area contributed by atoms with E-state index in [1.54, 1.807) is 0 Å². The molecule has 2 saturated heterocycles. The SMILES string of the molecule is CCNC(=NCC(C)(C)N1CCCC(C)C1)NC1CCN(C(=O)CC)C1. The van der Waals surface area contributed by atoms with Crippen LogP contribution in [0.5, 0.6) is 0 Å². The van der Waals surface area contributed by atoms with Crippen molar-refractivity contribution in [2.75, 3.05) is 39.3 Å². The van der Waals surface area contributed by atoms with Crippen molar-refractivity contribution < 1.29 is 4.79 Å². The summed E-state index contributed by atoms with van der Waals surface area (Å²) in [4.78, 5) is 21.3. The minimum Gasteiger partial charge on any atom is -0.357 e. The average molecular weight is 366 g/mol. The van der Waals surface area contributed by atoms with Gasteiger partial charge in [-0.05, 0) is 52.5 Å². The number of rotatable bonds is 6. The van der Waals surface area contributed by atoms with Crippen LogP contribution in [0.2, 0.25) is 0 Å². The molecular formula is C20H39N5O. The fourth-order valence-electron chi connectivity index (χ4n) is 3.95. The van der Waals surface area contributed by atoms with Gasteiger partial charge in [-0.2, -0.15) is 0 Å². The summed E-state index contributed by atoms with van der Waals surface area (Å²) >= 11 is 0. The van der Waals surface area contributed by atoms with Crippen molar-refractivity contribution in [1.82, 2.24) is 20.4 Å². The molecule has 2 atom stereocenters. The van der Waals surface area contributed by atoms with Crippen molar-refractivity contribution in [3.63, 3.8) is 0 Å². The quantitative estimate of drug-likeness (QED) is 0.559. The van der Waals surface area contributed by atoms with Crippen LogP contribution < -0.4 is 10.6 Å². The molecule has 0 aromatic rings. The summed E-state index contributed by atoms with van der Waals surface area (Å²) in [6, 6.07) is 0.293. The Morgan fingerprint density at radius 3 is 2.62 bits per heavy atom. The molecule has 6 nitrogen and oxygen atoms in total. The summed E-state index contributed by atoms with van der Waals surface area (Å²) in [6.45, 7) is 16.6. The summed E-state index contributed by atoms with van der Waals surface area (Å²) in [6.07, 6.45) is 4.21. The number of guanidine groups is 1. The van der Waals surface area contributed by atoms with E-state index in [1.807, 2.05) is 11.8 Å². The van der Waals surface area contributed by atoms with E-state index in [4.69, 9.17) is 4.99 Å². The van der Waals surface area contributed by atoms with Gasteiger partial charge >= 0.3 is 0 Å². The lowest BCUT2D eigenvalue weighted by atomic mass is 9.94. The predicted molar refractivity (Wildman–Crippen MR) is 108 cm³/mol. The zero-order chi connectivity index (χ0) is 19.2. The normalized spacial score (nSPS) is 25.4. The van der Waals surface area contributed by atoms with Gasteiger partial charge in [0.15, 0.2) is 5.96 Å². The van der Waals surface area contributed by atoms with Crippen molar-refractivity contribution in [3.05, 3.63) is 0 Å². The predicted octanol–water partition coefficient (Wildman–Crippen LogP) is 2.06. The Morgan fingerprint density at radius 2 is 1.96 bits per heavy atom. The van der Waals surface area contributed by atoms with E-state index < -0.39 is 0 Å². The summed E-state index contributed by atoms with van der Waals surface area (Å²) in [7, 11) is 0. The van der Waals surface area contributed by atoms with Crippen molar-refractivity contribution in [3.8, 4) is 0 Å². The Labute approximate surface area is 159 Å². The number of amides is 1. The lowest BCUT2D eigenvalue weighted by Crippen LogP contribution is -2.51. The molecule has 2 aliphatic rings. The molecule has 6 heteroatoms. The van der Waals surface area contributed by atoms with Gasteiger partial charge in [-0.3, -0.25) is 14.7 Å². The third-order valence-electron chi connectivity index (χ3n) is 5.67. The number of nitrogens with zero attached hydrogens (tertiary/aromatic N) is 3. The molecule has 0 spiro atoms. The Morgan fingerprint density at radius 1 is 1.19 bits per heavy atom. The Hall–Kier alpha value is -1.30. The number of piperidine rings is 1. The molecule has 0 bridgehead atoms. The van der Waals surface area contributed by atoms with E-state index in [9.17, 15) is 4.79 Å². The van der Waals surface area contributed by atoms with Gasteiger partial charge in [0.05, 0.1) is 6.54 Å². The highest BCUT2D eigenvalue weighted by molar-refractivity contribution is 5.80. The van der Waals surface area contributed by atoms with E-state index in [2.05, 4.69) is 43.2 Å². The lowest BCUT2D eigenvalue weighted by molar-refractivity contribution is -0.129. The molecule has 1 amide bonds. The lowest BCUT2D eigenvalue weighted by Gasteiger charge is -2.42. The van der Waals surface area contributed by atoms with E-state index in [1.165, 1.54) is 25.9 Å². The number of aliphatic imine (C=N–C) groups is 1. The van der Waals surface area contributed by atoms with Crippen LogP contribution in [0, 0.1) is 5.92 Å². The van der Waals surface area contributed by atoms with Crippen molar-refractivity contribution in [1.29, 1.82) is 0 Å². The number of nitrogens with one attached hydrogen (secondary N) is 2. The van der Waals surface area contributed by atoms with Crippen LogP contribution in [0.15, 0.2) is 4.99 Å². The van der Waals surface area contributed by atoms with E-state index in [-0.39, 0.29) is 11.4 Å². The maximum absolute atomic E-state index is 11.9. The Kier molecular flexibility index (Phi) is 7.74. The molecule has 2 heterocycles. The van der Waals surface area contributed by atoms with Gasteiger partial charge in [-0.1, -0.05) is 13.8 Å². The van der Waals surface area contributed by atoms with Crippen molar-refractivity contribution in [2.45, 2.75) is 71.9 Å². The first-order chi connectivity index (χ1) is 12.4. The zero-order valence-electron chi connectivity index (χ0n) is 17.5. The van der Waals surface area contributed by atoms with Gasteiger partial charge in [0.2, 0.25) is 5.91 Å². The molecule has 0 aliphatic carbocycles. The highest BCUT2D eigenvalue weighted by Crippen LogP contribution is 2.24. The second kappa shape index (κ2) is 9.58. The van der Waals surface area contributed by atoms with E-state index >= 15 is 0 Å². The minimum atomic E-state index is 0.0664. The highest BCUT2D eigenvalue weighted by Gasteiger charge is 2.30. The molecule has 0 aromatic carbocycles. The molecule has 0 saturated carbocycles. The van der Waals surface area contributed by atoms with Gasteiger partial charge in [-0.25, -0.2) is 0 Å². The first-order valence-corrected chi connectivity index (χ1v) is 10.4. The van der Waals surface area contributed by atoms with Crippen LogP contribution in [0.1, 0.15) is 60.3 Å². The molecular weight excluding hydrogens is 326 g/mol. The summed E-state index contributed by atoms with van der Waals surface area (Å²) in [5.41, 5.74) is 0.0664. The molecule has 26 heavy (non-hydrogen) atoms. The monoisotopic (exact) mass is 365 g/mol. The number of carbonyl (C=O) groups excluding carboxylic acids is 1. The molecule has 2 unspecified atom stereocenters. The average Bonchev–Trinajstić information content (AvgIpc) is 3.08. The topological polar surface area (TPSA) is 60.0 Å². The largest absolute Gasteiger partial charge is 0.357 e. The second-order valence-corrected chi connectivity index (χ2v) is 8.52. The smallest absolute Gasteiger partial charge is 0.222 e. The molecule has 150 valence electrons. The molecule has 2 aliphatic heterocycles. The number of likely N-dealkylation sites (tertiary alicyclic amines) is 2. The van der Waals surface area contributed by atoms with E-state index in [0.717, 1.165) is 44.5 Å². The van der Waals surface area contributed by atoms with Crippen LogP contribution >= 0.6 is 0 Å². The molecule has 0 radical (unpaired) electrons. The molecule has 2 rings (SSSR count). The van der Waals surface area contributed by atoms with Crippen LogP contribution in [-0.4, -0.2) is 72.5 Å². The van der Waals surface area contributed by atoms with E-state index in [0.29, 0.717) is 12.5 Å². The zero-order valence-corrected chi connectivity index (χ0v) is 17.5. The van der Waals surface area contributed by atoms with Crippen LogP contribution in [0.4, 0.5) is 0 Å². The van der Waals surface area contributed by atoms with Gasteiger partial charge in [0, 0.05) is 44.2 Å². The van der Waals surface area contributed by atoms with Crippen molar-refractivity contribution in [2.24, 2.45) is 10.9 Å². The van der Waals surface area contributed by atoms with Crippen molar-refractivity contribution >= 4 is 11.9 Å². The Bertz CT molecular complexity index is 491. The van der Waals surface area contributed by atoms with Gasteiger partial charge in [0.25, 0.3) is 0 Å². The summed E-state index contributed by atoms with van der Waals surface area (Å²) in [5, 5.41) is 6.91. The third kappa shape index (κ3) is 5.86. The maximum Gasteiger partial charge on any atom is 0.222 e. The maximum atomic E-state index is 11.9. The number of carbonyl (C=O) groups is 1. The summed E-state index contributed by atoms with van der Waals surface area (Å²) < 4.78 is 0. The Balaban J connectivity index is 1.92. The van der Waals surface area contributed by atoms with Gasteiger partial charge < -0.3 is 15.5 Å². The van der Waals surface area contributed by atoms with Crippen LogP contribution in [-0.2, 0) is 4.79 Å². The number of hydrogen-bond acceptors (Lipinski definition) is 3. The second-order valence-electron chi connectivity index (χ2n) is 8.52. The highest BCUT2D eigenvalue weighted by atomic mass is 16.2. The third-order valence-corrected chi connectivity index (χ3v) is 5.67. The van der Waals surface area contributed by atoms with Crippen LogP contribution in [0.3, 0.4) is 0 Å². The van der Waals surface area contributed by atoms with Crippen LogP contribution in [0.25, 0.3) is 0 Å². The van der Waals surface area contributed by atoms with Gasteiger partial charge in [-0.15, -0.1) is 0 Å². The fourth-order valence-corrected chi connectivity index (χ4v) is 3.95.